The maximum atomic E-state index is 11.1. The molecule has 0 saturated carbocycles. The lowest BCUT2D eigenvalue weighted by molar-refractivity contribution is 0.200. The number of anilines is 1. The van der Waals surface area contributed by atoms with Gasteiger partial charge in [-0.3, -0.25) is 0 Å². The van der Waals surface area contributed by atoms with E-state index in [1.54, 1.807) is 6.92 Å². The summed E-state index contributed by atoms with van der Waals surface area (Å²) in [4.78, 5) is 0. The first-order chi connectivity index (χ1) is 9.38. The Balaban J connectivity index is 2.12. The van der Waals surface area contributed by atoms with Crippen molar-refractivity contribution >= 4 is 15.7 Å². The van der Waals surface area contributed by atoms with Gasteiger partial charge in [0, 0.05) is 11.3 Å². The maximum absolute atomic E-state index is 11.1. The van der Waals surface area contributed by atoms with Gasteiger partial charge < -0.3 is 14.8 Å². The molecule has 0 bridgehead atoms. The minimum absolute atomic E-state index is 0.266. The summed E-state index contributed by atoms with van der Waals surface area (Å²) in [5.74, 6) is 0.439. The van der Waals surface area contributed by atoms with Crippen LogP contribution in [0, 0.1) is 0 Å². The van der Waals surface area contributed by atoms with Crippen LogP contribution in [0.25, 0.3) is 0 Å². The lowest BCUT2D eigenvalue weighted by Gasteiger charge is -2.12. The molecule has 4 N–H and O–H groups in total. The van der Waals surface area contributed by atoms with Crippen LogP contribution in [0.2, 0.25) is 0 Å². The van der Waals surface area contributed by atoms with E-state index in [0.717, 1.165) is 11.3 Å². The number of aliphatic hydroxyl groups is 1. The van der Waals surface area contributed by atoms with Crippen LogP contribution in [0.1, 0.15) is 24.4 Å². The Bertz CT molecular complexity index is 692. The van der Waals surface area contributed by atoms with Gasteiger partial charge in [0.25, 0.3) is 10.0 Å². The van der Waals surface area contributed by atoms with E-state index in [-0.39, 0.29) is 5.09 Å². The molecule has 0 radical (unpaired) electrons. The van der Waals surface area contributed by atoms with Crippen LogP contribution in [-0.2, 0) is 16.6 Å². The van der Waals surface area contributed by atoms with Crippen molar-refractivity contribution in [2.45, 2.75) is 24.7 Å². The molecule has 0 saturated heterocycles. The number of benzene rings is 1. The van der Waals surface area contributed by atoms with E-state index in [2.05, 4.69) is 5.32 Å². The third kappa shape index (κ3) is 3.38. The van der Waals surface area contributed by atoms with Crippen molar-refractivity contribution in [3.05, 3.63) is 47.7 Å². The Labute approximate surface area is 117 Å². The second kappa shape index (κ2) is 5.66. The highest BCUT2D eigenvalue weighted by atomic mass is 32.2. The molecule has 2 rings (SSSR count). The normalized spacial score (nSPS) is 13.2. The zero-order valence-electron chi connectivity index (χ0n) is 10.9. The van der Waals surface area contributed by atoms with Gasteiger partial charge in [-0.2, -0.15) is 0 Å². The van der Waals surface area contributed by atoms with Crippen LogP contribution in [0.15, 0.2) is 45.9 Å². The highest BCUT2D eigenvalue weighted by molar-refractivity contribution is 7.89. The highest BCUT2D eigenvalue weighted by Gasteiger charge is 2.13. The molecule has 7 heteroatoms. The van der Waals surface area contributed by atoms with E-state index in [0.29, 0.717) is 12.3 Å². The molecule has 0 aliphatic rings. The number of primary sulfonamides is 1. The van der Waals surface area contributed by atoms with Gasteiger partial charge >= 0.3 is 0 Å². The molecule has 0 aliphatic carbocycles. The molecule has 2 aromatic rings. The molecule has 0 fully saturated rings. The number of furan rings is 1. The Morgan fingerprint density at radius 1 is 1.30 bits per heavy atom. The van der Waals surface area contributed by atoms with Crippen LogP contribution >= 0.6 is 0 Å². The molecule has 1 atom stereocenters. The first kappa shape index (κ1) is 14.6. The molecule has 1 unspecified atom stereocenters. The van der Waals surface area contributed by atoms with Crippen LogP contribution in [-0.4, -0.2) is 13.5 Å². The lowest BCUT2D eigenvalue weighted by atomic mass is 10.1. The quantitative estimate of drug-likeness (QED) is 0.777. The molecule has 108 valence electrons. The summed E-state index contributed by atoms with van der Waals surface area (Å²) in [5.41, 5.74) is 1.52. The minimum Gasteiger partial charge on any atom is -0.446 e. The zero-order valence-corrected chi connectivity index (χ0v) is 11.7. The molecule has 1 heterocycles. The molecular formula is C13H16N2O4S. The molecule has 0 aliphatic heterocycles. The summed E-state index contributed by atoms with van der Waals surface area (Å²) >= 11 is 0. The number of sulfonamides is 1. The van der Waals surface area contributed by atoms with E-state index in [1.165, 1.54) is 12.1 Å². The first-order valence-corrected chi connectivity index (χ1v) is 7.55. The number of hydrogen-bond acceptors (Lipinski definition) is 5. The summed E-state index contributed by atoms with van der Waals surface area (Å²) in [6.45, 7) is 1.96. The fourth-order valence-electron chi connectivity index (χ4n) is 1.81. The van der Waals surface area contributed by atoms with Gasteiger partial charge in [0.2, 0.25) is 5.09 Å². The summed E-state index contributed by atoms with van der Waals surface area (Å²) in [5, 5.41) is 17.4. The largest absolute Gasteiger partial charge is 0.446 e. The van der Waals surface area contributed by atoms with Gasteiger partial charge in [-0.15, -0.1) is 0 Å². The fraction of sp³-hybridized carbons (Fsp3) is 0.231. The number of aliphatic hydroxyl groups excluding tert-OH is 1. The second-order valence-electron chi connectivity index (χ2n) is 4.38. The number of rotatable bonds is 5. The van der Waals surface area contributed by atoms with E-state index >= 15 is 0 Å². The van der Waals surface area contributed by atoms with Crippen molar-refractivity contribution < 1.29 is 17.9 Å². The summed E-state index contributed by atoms with van der Waals surface area (Å²) < 4.78 is 27.3. The highest BCUT2D eigenvalue weighted by Crippen LogP contribution is 2.23. The van der Waals surface area contributed by atoms with E-state index in [9.17, 15) is 13.5 Å². The van der Waals surface area contributed by atoms with Crippen molar-refractivity contribution in [3.63, 3.8) is 0 Å². The molecule has 0 amide bonds. The minimum atomic E-state index is -3.82. The predicted molar refractivity (Wildman–Crippen MR) is 74.5 cm³/mol. The van der Waals surface area contributed by atoms with Crippen molar-refractivity contribution in [2.24, 2.45) is 5.14 Å². The second-order valence-corrected chi connectivity index (χ2v) is 5.87. The summed E-state index contributed by atoms with van der Waals surface area (Å²) in [7, 11) is -3.82. The van der Waals surface area contributed by atoms with Crippen LogP contribution in [0.4, 0.5) is 5.69 Å². The van der Waals surface area contributed by atoms with Gasteiger partial charge in [-0.05, 0) is 25.1 Å². The smallest absolute Gasteiger partial charge is 0.271 e. The Morgan fingerprint density at radius 3 is 2.60 bits per heavy atom. The molecule has 20 heavy (non-hydrogen) atoms. The average Bonchev–Trinajstić information content (AvgIpc) is 2.85. The number of hydrogen-bond donors (Lipinski definition) is 3. The van der Waals surface area contributed by atoms with Crippen molar-refractivity contribution in [3.8, 4) is 0 Å². The van der Waals surface area contributed by atoms with E-state index in [1.807, 2.05) is 24.3 Å². The molecule has 0 spiro atoms. The zero-order chi connectivity index (χ0) is 14.8. The maximum Gasteiger partial charge on any atom is 0.271 e. The predicted octanol–water partition coefficient (Wildman–Crippen LogP) is 1.59. The molecule has 1 aromatic heterocycles. The standard InChI is InChI=1S/C13H16N2O4S/c1-9(16)11-4-2-3-5-12(11)15-8-10-6-7-13(19-10)20(14,17)18/h2-7,9,15-16H,8H2,1H3,(H2,14,17,18). The van der Waals surface area contributed by atoms with Crippen molar-refractivity contribution in [1.82, 2.24) is 0 Å². The Kier molecular flexibility index (Phi) is 4.12. The summed E-state index contributed by atoms with van der Waals surface area (Å²) in [6, 6.07) is 10.2. The average molecular weight is 296 g/mol. The van der Waals surface area contributed by atoms with Gasteiger partial charge in [0.1, 0.15) is 5.76 Å². The third-order valence-corrected chi connectivity index (χ3v) is 3.56. The van der Waals surface area contributed by atoms with Gasteiger partial charge in [-0.1, -0.05) is 18.2 Å². The number of nitrogens with two attached hydrogens (primary N) is 1. The number of nitrogens with one attached hydrogen (secondary N) is 1. The summed E-state index contributed by atoms with van der Waals surface area (Å²) in [6.07, 6.45) is -0.602. The Morgan fingerprint density at radius 2 is 2.00 bits per heavy atom. The van der Waals surface area contributed by atoms with E-state index < -0.39 is 16.1 Å². The lowest BCUT2D eigenvalue weighted by Crippen LogP contribution is -2.10. The molecule has 1 aromatic carbocycles. The SMILES string of the molecule is CC(O)c1ccccc1NCc1ccc(S(N)(=O)=O)o1. The topological polar surface area (TPSA) is 106 Å². The van der Waals surface area contributed by atoms with Crippen LogP contribution < -0.4 is 10.5 Å². The van der Waals surface area contributed by atoms with Crippen LogP contribution in [0.3, 0.4) is 0 Å². The van der Waals surface area contributed by atoms with Crippen molar-refractivity contribution in [2.75, 3.05) is 5.32 Å². The van der Waals surface area contributed by atoms with Gasteiger partial charge in [0.05, 0.1) is 12.6 Å². The van der Waals surface area contributed by atoms with Gasteiger partial charge in [-0.25, -0.2) is 13.6 Å². The van der Waals surface area contributed by atoms with E-state index in [4.69, 9.17) is 9.56 Å². The monoisotopic (exact) mass is 296 g/mol. The molecular weight excluding hydrogens is 280 g/mol. The fourth-order valence-corrected chi connectivity index (χ4v) is 2.29. The third-order valence-electron chi connectivity index (χ3n) is 2.78. The number of para-hydroxylation sites is 1. The van der Waals surface area contributed by atoms with Crippen LogP contribution in [0.5, 0.6) is 0 Å². The first-order valence-electron chi connectivity index (χ1n) is 6.00. The Hall–Kier alpha value is -1.83. The molecule has 6 nitrogen and oxygen atoms in total. The van der Waals surface area contributed by atoms with Gasteiger partial charge in [0.15, 0.2) is 0 Å². The van der Waals surface area contributed by atoms with Crippen molar-refractivity contribution in [1.29, 1.82) is 0 Å².